The largest absolute Gasteiger partial charge is 0.459 e. The van der Waals surface area contributed by atoms with Gasteiger partial charge in [-0.15, -0.1) is 0 Å². The standard InChI is InChI=1S/C18H20N2O/c1-11-5-8-16-14(9-11)10-17(21-16)18(19-4)15-7-6-12(2)20-13(15)3/h5-10,18-19H,1-4H3. The van der Waals surface area contributed by atoms with Crippen molar-refractivity contribution in [1.82, 2.24) is 10.3 Å². The predicted octanol–water partition coefficient (Wildman–Crippen LogP) is 4.06. The first-order valence-corrected chi connectivity index (χ1v) is 7.20. The molecule has 0 aliphatic carbocycles. The van der Waals surface area contributed by atoms with Crippen molar-refractivity contribution in [2.45, 2.75) is 26.8 Å². The van der Waals surface area contributed by atoms with E-state index in [0.29, 0.717) is 0 Å². The zero-order valence-electron chi connectivity index (χ0n) is 12.9. The summed E-state index contributed by atoms with van der Waals surface area (Å²) in [6.07, 6.45) is 0. The molecule has 1 aromatic carbocycles. The zero-order valence-corrected chi connectivity index (χ0v) is 12.9. The summed E-state index contributed by atoms with van der Waals surface area (Å²) >= 11 is 0. The van der Waals surface area contributed by atoms with Crippen molar-refractivity contribution in [2.24, 2.45) is 0 Å². The zero-order chi connectivity index (χ0) is 15.0. The van der Waals surface area contributed by atoms with E-state index < -0.39 is 0 Å². The fraction of sp³-hybridized carbons (Fsp3) is 0.278. The van der Waals surface area contributed by atoms with Crippen LogP contribution in [0.1, 0.15) is 34.3 Å². The van der Waals surface area contributed by atoms with Gasteiger partial charge in [-0.1, -0.05) is 17.7 Å². The summed E-state index contributed by atoms with van der Waals surface area (Å²) in [5.41, 5.74) is 5.38. The van der Waals surface area contributed by atoms with Crippen LogP contribution in [0.2, 0.25) is 0 Å². The molecule has 0 aliphatic rings. The molecule has 0 bridgehead atoms. The number of furan rings is 1. The van der Waals surface area contributed by atoms with Crippen LogP contribution in [0.5, 0.6) is 0 Å². The lowest BCUT2D eigenvalue weighted by molar-refractivity contribution is 0.489. The number of aryl methyl sites for hydroxylation is 3. The monoisotopic (exact) mass is 280 g/mol. The highest BCUT2D eigenvalue weighted by Crippen LogP contribution is 2.29. The average Bonchev–Trinajstić information content (AvgIpc) is 2.84. The number of nitrogens with one attached hydrogen (secondary N) is 1. The van der Waals surface area contributed by atoms with E-state index in [1.54, 1.807) is 0 Å². The molecule has 21 heavy (non-hydrogen) atoms. The fourth-order valence-corrected chi connectivity index (χ4v) is 2.78. The summed E-state index contributed by atoms with van der Waals surface area (Å²) in [6.45, 7) is 6.14. The maximum Gasteiger partial charge on any atom is 0.134 e. The lowest BCUT2D eigenvalue weighted by Gasteiger charge is -2.16. The van der Waals surface area contributed by atoms with Gasteiger partial charge in [0.05, 0.1) is 6.04 Å². The van der Waals surface area contributed by atoms with E-state index in [-0.39, 0.29) is 6.04 Å². The molecule has 1 atom stereocenters. The van der Waals surface area contributed by atoms with Gasteiger partial charge in [0.2, 0.25) is 0 Å². The second kappa shape index (κ2) is 5.34. The van der Waals surface area contributed by atoms with Crippen LogP contribution < -0.4 is 5.32 Å². The van der Waals surface area contributed by atoms with Crippen LogP contribution in [-0.2, 0) is 0 Å². The van der Waals surface area contributed by atoms with Gasteiger partial charge in [-0.3, -0.25) is 4.98 Å². The molecule has 2 heterocycles. The SMILES string of the molecule is CNC(c1cc2cc(C)ccc2o1)c1ccc(C)nc1C. The Morgan fingerprint density at radius 1 is 1.05 bits per heavy atom. The molecule has 1 unspecified atom stereocenters. The van der Waals surface area contributed by atoms with Crippen LogP contribution in [0.3, 0.4) is 0 Å². The molecule has 0 spiro atoms. The minimum Gasteiger partial charge on any atom is -0.459 e. The summed E-state index contributed by atoms with van der Waals surface area (Å²) in [5, 5.41) is 4.48. The summed E-state index contributed by atoms with van der Waals surface area (Å²) in [4.78, 5) is 4.55. The van der Waals surface area contributed by atoms with Gasteiger partial charge in [0.1, 0.15) is 11.3 Å². The number of hydrogen-bond donors (Lipinski definition) is 1. The van der Waals surface area contributed by atoms with E-state index in [1.165, 1.54) is 5.56 Å². The molecule has 0 fully saturated rings. The van der Waals surface area contributed by atoms with E-state index >= 15 is 0 Å². The van der Waals surface area contributed by atoms with Crippen LogP contribution in [-0.4, -0.2) is 12.0 Å². The normalized spacial score (nSPS) is 12.8. The van der Waals surface area contributed by atoms with E-state index in [4.69, 9.17) is 4.42 Å². The Kier molecular flexibility index (Phi) is 3.52. The number of benzene rings is 1. The summed E-state index contributed by atoms with van der Waals surface area (Å²) in [5.74, 6) is 0.923. The van der Waals surface area contributed by atoms with Crippen molar-refractivity contribution in [3.8, 4) is 0 Å². The predicted molar refractivity (Wildman–Crippen MR) is 85.6 cm³/mol. The van der Waals surface area contributed by atoms with Gasteiger partial charge in [0.25, 0.3) is 0 Å². The van der Waals surface area contributed by atoms with Gasteiger partial charge in [0, 0.05) is 16.8 Å². The first-order chi connectivity index (χ1) is 10.1. The molecule has 0 saturated carbocycles. The molecule has 0 radical (unpaired) electrons. The molecule has 0 amide bonds. The second-order valence-electron chi connectivity index (χ2n) is 5.54. The van der Waals surface area contributed by atoms with Gasteiger partial charge in [0.15, 0.2) is 0 Å². The first kappa shape index (κ1) is 13.8. The molecule has 3 nitrogen and oxygen atoms in total. The van der Waals surface area contributed by atoms with Crippen molar-refractivity contribution >= 4 is 11.0 Å². The minimum absolute atomic E-state index is 0.0193. The summed E-state index contributed by atoms with van der Waals surface area (Å²) in [7, 11) is 1.95. The molecule has 3 aromatic rings. The Balaban J connectivity index is 2.09. The Labute approximate surface area is 125 Å². The highest BCUT2D eigenvalue weighted by Gasteiger charge is 2.19. The van der Waals surface area contributed by atoms with E-state index in [0.717, 1.165) is 33.7 Å². The number of fused-ring (bicyclic) bond motifs is 1. The third-order valence-electron chi connectivity index (χ3n) is 3.84. The van der Waals surface area contributed by atoms with Crippen LogP contribution in [0.25, 0.3) is 11.0 Å². The topological polar surface area (TPSA) is 38.1 Å². The Morgan fingerprint density at radius 3 is 2.57 bits per heavy atom. The highest BCUT2D eigenvalue weighted by molar-refractivity contribution is 5.79. The molecule has 0 saturated heterocycles. The molecule has 2 aromatic heterocycles. The van der Waals surface area contributed by atoms with Crippen molar-refractivity contribution in [3.63, 3.8) is 0 Å². The summed E-state index contributed by atoms with van der Waals surface area (Å²) < 4.78 is 6.03. The van der Waals surface area contributed by atoms with Gasteiger partial charge in [-0.2, -0.15) is 0 Å². The number of aromatic nitrogens is 1. The smallest absolute Gasteiger partial charge is 0.134 e. The van der Waals surface area contributed by atoms with E-state index in [9.17, 15) is 0 Å². The third-order valence-corrected chi connectivity index (χ3v) is 3.84. The molecule has 3 heteroatoms. The van der Waals surface area contributed by atoms with Gasteiger partial charge < -0.3 is 9.73 Å². The Hall–Kier alpha value is -2.13. The van der Waals surface area contributed by atoms with Gasteiger partial charge >= 0.3 is 0 Å². The Bertz CT molecular complexity index is 789. The first-order valence-electron chi connectivity index (χ1n) is 7.20. The minimum atomic E-state index is 0.0193. The van der Waals surface area contributed by atoms with E-state index in [1.807, 2.05) is 33.0 Å². The van der Waals surface area contributed by atoms with E-state index in [2.05, 4.69) is 41.5 Å². The quantitative estimate of drug-likeness (QED) is 0.786. The number of hydrogen-bond acceptors (Lipinski definition) is 3. The fourth-order valence-electron chi connectivity index (χ4n) is 2.78. The highest BCUT2D eigenvalue weighted by atomic mass is 16.3. The number of pyridine rings is 1. The van der Waals surface area contributed by atoms with Crippen molar-refractivity contribution < 1.29 is 4.42 Å². The lowest BCUT2D eigenvalue weighted by Crippen LogP contribution is -2.18. The van der Waals surface area contributed by atoms with Crippen molar-refractivity contribution in [1.29, 1.82) is 0 Å². The molecule has 0 aliphatic heterocycles. The molecule has 3 rings (SSSR count). The maximum atomic E-state index is 6.03. The van der Waals surface area contributed by atoms with Gasteiger partial charge in [-0.25, -0.2) is 0 Å². The number of rotatable bonds is 3. The molecule has 1 N–H and O–H groups in total. The second-order valence-corrected chi connectivity index (χ2v) is 5.54. The van der Waals surface area contributed by atoms with Crippen LogP contribution >= 0.6 is 0 Å². The van der Waals surface area contributed by atoms with Crippen molar-refractivity contribution in [2.75, 3.05) is 7.05 Å². The average molecular weight is 280 g/mol. The molecular formula is C18H20N2O. The maximum absolute atomic E-state index is 6.03. The number of nitrogens with zero attached hydrogens (tertiary/aromatic N) is 1. The van der Waals surface area contributed by atoms with Crippen molar-refractivity contribution in [3.05, 3.63) is 64.7 Å². The Morgan fingerprint density at radius 2 is 1.86 bits per heavy atom. The summed E-state index contributed by atoms with van der Waals surface area (Å²) in [6, 6.07) is 12.5. The van der Waals surface area contributed by atoms with Crippen LogP contribution in [0.15, 0.2) is 40.8 Å². The lowest BCUT2D eigenvalue weighted by atomic mass is 10.0. The van der Waals surface area contributed by atoms with Crippen LogP contribution in [0.4, 0.5) is 0 Å². The molecule has 108 valence electrons. The molecular weight excluding hydrogens is 260 g/mol. The third kappa shape index (κ3) is 2.57. The van der Waals surface area contributed by atoms with Crippen LogP contribution in [0, 0.1) is 20.8 Å². The van der Waals surface area contributed by atoms with Gasteiger partial charge in [-0.05, 0) is 57.6 Å².